The number of nitrogens with two attached hydrogens (primary N) is 1. The topological polar surface area (TPSA) is 102 Å². The van der Waals surface area contributed by atoms with Crippen LogP contribution in [0.3, 0.4) is 0 Å². The number of urea groups is 1. The van der Waals surface area contributed by atoms with Crippen LogP contribution >= 0.6 is 0 Å². The number of carbonyl (C=O) groups excluding carboxylic acids is 1. The number of nitrogens with one attached hydrogen (secondary N) is 2. The van der Waals surface area contributed by atoms with E-state index in [2.05, 4.69) is 32.4 Å². The first-order valence-corrected chi connectivity index (χ1v) is 8.81. The SMILES string of the molecule is CC1(C)CC(NC(=O)Nc2cccc(C#Cc3cnc(N)nc3)c2)CCO1. The Morgan fingerprint density at radius 3 is 2.74 bits per heavy atom. The molecule has 2 aromatic rings. The summed E-state index contributed by atoms with van der Waals surface area (Å²) in [6, 6.07) is 7.23. The Labute approximate surface area is 158 Å². The van der Waals surface area contributed by atoms with Gasteiger partial charge in [0.1, 0.15) is 0 Å². The Bertz CT molecular complexity index is 868. The number of amides is 2. The van der Waals surface area contributed by atoms with E-state index in [9.17, 15) is 4.79 Å². The standard InChI is InChI=1S/C20H23N5O2/c1-20(2)11-17(8-9-27-20)25-19(26)24-16-5-3-4-14(10-16)6-7-15-12-22-18(21)23-13-15/h3-5,10,12-13,17H,8-9,11H2,1-2H3,(H2,21,22,23)(H2,24,25,26). The summed E-state index contributed by atoms with van der Waals surface area (Å²) in [6.45, 7) is 4.72. The Morgan fingerprint density at radius 2 is 2.00 bits per heavy atom. The van der Waals surface area contributed by atoms with Gasteiger partial charge < -0.3 is 21.1 Å². The Morgan fingerprint density at radius 1 is 1.26 bits per heavy atom. The van der Waals surface area contributed by atoms with Crippen molar-refractivity contribution in [3.8, 4) is 11.8 Å². The minimum Gasteiger partial charge on any atom is -0.375 e. The van der Waals surface area contributed by atoms with E-state index in [0.29, 0.717) is 17.9 Å². The lowest BCUT2D eigenvalue weighted by molar-refractivity contribution is -0.0609. The second-order valence-electron chi connectivity index (χ2n) is 7.06. The molecule has 1 atom stereocenters. The molecule has 0 saturated carbocycles. The largest absolute Gasteiger partial charge is 0.375 e. The number of ether oxygens (including phenoxy) is 1. The third-order valence-corrected chi connectivity index (χ3v) is 4.18. The molecule has 2 amide bonds. The smallest absolute Gasteiger partial charge is 0.319 e. The number of rotatable bonds is 2. The highest BCUT2D eigenvalue weighted by atomic mass is 16.5. The molecular weight excluding hydrogens is 342 g/mol. The first-order valence-electron chi connectivity index (χ1n) is 8.81. The van der Waals surface area contributed by atoms with Crippen LogP contribution in [-0.2, 0) is 4.74 Å². The number of carbonyl (C=O) groups is 1. The number of nitrogens with zero attached hydrogens (tertiary/aromatic N) is 2. The molecule has 3 rings (SSSR count). The summed E-state index contributed by atoms with van der Waals surface area (Å²) in [6.07, 6.45) is 4.74. The fraction of sp³-hybridized carbons (Fsp3) is 0.350. The van der Waals surface area contributed by atoms with Crippen molar-refractivity contribution in [2.24, 2.45) is 0 Å². The monoisotopic (exact) mass is 365 g/mol. The van der Waals surface area contributed by atoms with Gasteiger partial charge in [-0.25, -0.2) is 14.8 Å². The molecule has 1 aromatic carbocycles. The number of anilines is 2. The van der Waals surface area contributed by atoms with Gasteiger partial charge in [0.05, 0.1) is 11.2 Å². The van der Waals surface area contributed by atoms with E-state index in [1.807, 2.05) is 38.1 Å². The number of benzene rings is 1. The number of hydrogen-bond donors (Lipinski definition) is 3. The van der Waals surface area contributed by atoms with Crippen LogP contribution in [0.2, 0.25) is 0 Å². The maximum absolute atomic E-state index is 12.3. The normalized spacial score (nSPS) is 18.1. The summed E-state index contributed by atoms with van der Waals surface area (Å²) in [4.78, 5) is 20.1. The average Bonchev–Trinajstić information content (AvgIpc) is 2.60. The van der Waals surface area contributed by atoms with Gasteiger partial charge in [0.15, 0.2) is 0 Å². The van der Waals surface area contributed by atoms with E-state index in [4.69, 9.17) is 10.5 Å². The zero-order valence-electron chi connectivity index (χ0n) is 15.5. The molecule has 2 heterocycles. The van der Waals surface area contributed by atoms with Crippen molar-refractivity contribution >= 4 is 17.7 Å². The first-order chi connectivity index (χ1) is 12.9. The molecule has 1 saturated heterocycles. The van der Waals surface area contributed by atoms with Crippen molar-refractivity contribution in [3.05, 3.63) is 47.8 Å². The lowest BCUT2D eigenvalue weighted by Gasteiger charge is -2.35. The number of aromatic nitrogens is 2. The van der Waals surface area contributed by atoms with Crippen LogP contribution < -0.4 is 16.4 Å². The van der Waals surface area contributed by atoms with E-state index in [-0.39, 0.29) is 23.6 Å². The van der Waals surface area contributed by atoms with Crippen LogP contribution in [0.5, 0.6) is 0 Å². The van der Waals surface area contributed by atoms with Crippen molar-refractivity contribution in [1.29, 1.82) is 0 Å². The summed E-state index contributed by atoms with van der Waals surface area (Å²) >= 11 is 0. The van der Waals surface area contributed by atoms with Crippen LogP contribution in [0.1, 0.15) is 37.8 Å². The third-order valence-electron chi connectivity index (χ3n) is 4.18. The van der Waals surface area contributed by atoms with Gasteiger partial charge in [0.2, 0.25) is 5.95 Å². The van der Waals surface area contributed by atoms with E-state index in [0.717, 1.165) is 18.4 Å². The van der Waals surface area contributed by atoms with Crippen LogP contribution in [-0.4, -0.2) is 34.2 Å². The highest BCUT2D eigenvalue weighted by molar-refractivity contribution is 5.89. The predicted octanol–water partition coefficient (Wildman–Crippen LogP) is 2.54. The van der Waals surface area contributed by atoms with Gasteiger partial charge in [-0.1, -0.05) is 17.9 Å². The molecule has 0 aliphatic carbocycles. The number of nitrogen functional groups attached to an aromatic ring is 1. The number of hydrogen-bond acceptors (Lipinski definition) is 5. The molecule has 4 N–H and O–H groups in total. The van der Waals surface area contributed by atoms with Gasteiger partial charge >= 0.3 is 6.03 Å². The minimum absolute atomic E-state index is 0.0993. The van der Waals surface area contributed by atoms with E-state index in [1.165, 1.54) is 0 Å². The molecule has 1 unspecified atom stereocenters. The van der Waals surface area contributed by atoms with Gasteiger partial charge in [-0.2, -0.15) is 0 Å². The summed E-state index contributed by atoms with van der Waals surface area (Å²) in [5, 5.41) is 5.87. The van der Waals surface area contributed by atoms with Crippen molar-refractivity contribution in [1.82, 2.24) is 15.3 Å². The van der Waals surface area contributed by atoms with Crippen molar-refractivity contribution in [2.45, 2.75) is 38.3 Å². The Kier molecular flexibility index (Phi) is 5.57. The Balaban J connectivity index is 1.60. The van der Waals surface area contributed by atoms with Gasteiger partial charge in [-0.3, -0.25) is 0 Å². The molecular formula is C20H23N5O2. The Hall–Kier alpha value is -3.11. The van der Waals surface area contributed by atoms with Crippen LogP contribution in [0.25, 0.3) is 0 Å². The summed E-state index contributed by atoms with van der Waals surface area (Å²) < 4.78 is 5.68. The van der Waals surface area contributed by atoms with Gasteiger partial charge in [-0.15, -0.1) is 0 Å². The zero-order valence-corrected chi connectivity index (χ0v) is 15.5. The second kappa shape index (κ2) is 8.06. The predicted molar refractivity (Wildman–Crippen MR) is 104 cm³/mol. The highest BCUT2D eigenvalue weighted by Gasteiger charge is 2.29. The molecule has 0 spiro atoms. The van der Waals surface area contributed by atoms with Crippen molar-refractivity contribution in [2.75, 3.05) is 17.7 Å². The van der Waals surface area contributed by atoms with Gasteiger partial charge in [0.25, 0.3) is 0 Å². The summed E-state index contributed by atoms with van der Waals surface area (Å²) in [7, 11) is 0. The van der Waals surface area contributed by atoms with Gasteiger partial charge in [0, 0.05) is 36.3 Å². The molecule has 1 fully saturated rings. The lowest BCUT2D eigenvalue weighted by atomic mass is 9.94. The molecule has 1 aliphatic rings. The third kappa shape index (κ3) is 5.69. The first kappa shape index (κ1) is 18.7. The molecule has 27 heavy (non-hydrogen) atoms. The van der Waals surface area contributed by atoms with E-state index in [1.54, 1.807) is 12.4 Å². The molecule has 1 aliphatic heterocycles. The van der Waals surface area contributed by atoms with E-state index >= 15 is 0 Å². The summed E-state index contributed by atoms with van der Waals surface area (Å²) in [5.74, 6) is 6.21. The fourth-order valence-electron chi connectivity index (χ4n) is 2.93. The minimum atomic E-state index is -0.227. The zero-order chi connectivity index (χ0) is 19.3. The molecule has 7 heteroatoms. The van der Waals surface area contributed by atoms with Crippen molar-refractivity contribution < 1.29 is 9.53 Å². The highest BCUT2D eigenvalue weighted by Crippen LogP contribution is 2.24. The fourth-order valence-corrected chi connectivity index (χ4v) is 2.93. The molecule has 140 valence electrons. The maximum atomic E-state index is 12.3. The average molecular weight is 365 g/mol. The van der Waals surface area contributed by atoms with E-state index < -0.39 is 0 Å². The van der Waals surface area contributed by atoms with Crippen LogP contribution in [0, 0.1) is 11.8 Å². The van der Waals surface area contributed by atoms with Crippen LogP contribution in [0.15, 0.2) is 36.7 Å². The second-order valence-corrected chi connectivity index (χ2v) is 7.06. The van der Waals surface area contributed by atoms with Gasteiger partial charge in [-0.05, 0) is 44.9 Å². The molecule has 0 radical (unpaired) electrons. The van der Waals surface area contributed by atoms with Crippen molar-refractivity contribution in [3.63, 3.8) is 0 Å². The molecule has 7 nitrogen and oxygen atoms in total. The molecule has 1 aromatic heterocycles. The summed E-state index contributed by atoms with van der Waals surface area (Å²) in [5.41, 5.74) is 7.37. The maximum Gasteiger partial charge on any atom is 0.319 e. The quantitative estimate of drug-likeness (QED) is 0.710. The molecule has 0 bridgehead atoms. The van der Waals surface area contributed by atoms with Crippen LogP contribution in [0.4, 0.5) is 16.4 Å². The lowest BCUT2D eigenvalue weighted by Crippen LogP contribution is -2.47.